The summed E-state index contributed by atoms with van der Waals surface area (Å²) >= 11 is 4.56. The maximum atomic E-state index is 13.7. The van der Waals surface area contributed by atoms with Crippen molar-refractivity contribution >= 4 is 33.2 Å². The Kier molecular flexibility index (Phi) is 4.78. The van der Waals surface area contributed by atoms with Crippen molar-refractivity contribution in [3.05, 3.63) is 56.2 Å². The van der Waals surface area contributed by atoms with Gasteiger partial charge in [0.25, 0.3) is 5.91 Å². The predicted octanol–water partition coefficient (Wildman–Crippen LogP) is 4.50. The minimum atomic E-state index is -0.881. The van der Waals surface area contributed by atoms with Crippen LogP contribution >= 0.6 is 27.3 Å². The number of amides is 1. The maximum Gasteiger partial charge on any atom is 0.257 e. The highest BCUT2D eigenvalue weighted by molar-refractivity contribution is 9.10. The van der Waals surface area contributed by atoms with Gasteiger partial charge in [0.15, 0.2) is 0 Å². The molecule has 0 atom stereocenters. The molecule has 1 aromatic carbocycles. The molecule has 1 aromatic heterocycles. The Morgan fingerprint density at radius 2 is 1.95 bits per heavy atom. The maximum absolute atomic E-state index is 13.7. The van der Waals surface area contributed by atoms with Gasteiger partial charge in [0, 0.05) is 21.3 Å². The van der Waals surface area contributed by atoms with Crippen LogP contribution in [-0.2, 0) is 5.41 Å². The van der Waals surface area contributed by atoms with Crippen LogP contribution in [0.2, 0.25) is 0 Å². The molecule has 2 nitrogen and oxygen atoms in total. The number of hydrogen-bond acceptors (Lipinski definition) is 2. The van der Waals surface area contributed by atoms with Crippen molar-refractivity contribution in [1.29, 1.82) is 0 Å². The Labute approximate surface area is 134 Å². The number of halogens is 3. The minimum Gasteiger partial charge on any atom is -0.351 e. The van der Waals surface area contributed by atoms with E-state index in [-0.39, 0.29) is 9.89 Å². The lowest BCUT2D eigenvalue weighted by Crippen LogP contribution is -2.37. The molecule has 0 spiro atoms. The van der Waals surface area contributed by atoms with E-state index in [1.165, 1.54) is 0 Å². The lowest BCUT2D eigenvalue weighted by Gasteiger charge is -2.23. The molecule has 112 valence electrons. The van der Waals surface area contributed by atoms with Gasteiger partial charge in [-0.2, -0.15) is 0 Å². The first kappa shape index (κ1) is 16.1. The van der Waals surface area contributed by atoms with Gasteiger partial charge >= 0.3 is 0 Å². The molecule has 6 heteroatoms. The number of hydrogen-bond donors (Lipinski definition) is 1. The average Bonchev–Trinajstić information content (AvgIpc) is 2.89. The molecule has 1 N–H and O–H groups in total. The number of rotatable bonds is 4. The first-order valence-electron chi connectivity index (χ1n) is 6.28. The summed E-state index contributed by atoms with van der Waals surface area (Å²) in [4.78, 5) is 13.1. The fraction of sp³-hybridized carbons (Fsp3) is 0.267. The van der Waals surface area contributed by atoms with Crippen LogP contribution in [0.5, 0.6) is 0 Å². The van der Waals surface area contributed by atoms with E-state index >= 15 is 0 Å². The Morgan fingerprint density at radius 3 is 2.48 bits per heavy atom. The van der Waals surface area contributed by atoms with Crippen LogP contribution in [0.3, 0.4) is 0 Å². The number of benzene rings is 1. The topological polar surface area (TPSA) is 29.1 Å². The number of thiophene rings is 1. The van der Waals surface area contributed by atoms with Gasteiger partial charge in [-0.25, -0.2) is 8.78 Å². The van der Waals surface area contributed by atoms with Gasteiger partial charge in [-0.1, -0.05) is 35.8 Å². The van der Waals surface area contributed by atoms with Crippen LogP contribution in [0.4, 0.5) is 8.78 Å². The van der Waals surface area contributed by atoms with Crippen molar-refractivity contribution in [2.75, 3.05) is 6.54 Å². The summed E-state index contributed by atoms with van der Waals surface area (Å²) in [5.41, 5.74) is -0.855. The summed E-state index contributed by atoms with van der Waals surface area (Å²) in [5, 5.41) is 4.55. The zero-order valence-electron chi connectivity index (χ0n) is 11.5. The van der Waals surface area contributed by atoms with Crippen LogP contribution in [-0.4, -0.2) is 12.5 Å². The fourth-order valence-corrected chi connectivity index (χ4v) is 3.15. The highest BCUT2D eigenvalue weighted by Gasteiger charge is 2.25. The molecule has 0 saturated carbocycles. The van der Waals surface area contributed by atoms with E-state index in [2.05, 4.69) is 21.2 Å². The molecule has 0 bridgehead atoms. The van der Waals surface area contributed by atoms with Gasteiger partial charge in [-0.05, 0) is 23.6 Å². The minimum absolute atomic E-state index is 0.257. The summed E-state index contributed by atoms with van der Waals surface area (Å²) in [7, 11) is 0. The molecule has 1 heterocycles. The van der Waals surface area contributed by atoms with Crippen LogP contribution in [0, 0.1) is 11.6 Å². The van der Waals surface area contributed by atoms with Gasteiger partial charge in [0.1, 0.15) is 17.2 Å². The monoisotopic (exact) mass is 373 g/mol. The van der Waals surface area contributed by atoms with E-state index in [1.807, 2.05) is 31.4 Å². The quantitative estimate of drug-likeness (QED) is 0.839. The van der Waals surface area contributed by atoms with Crippen LogP contribution < -0.4 is 5.32 Å². The molecular formula is C15H14BrF2NOS. The third-order valence-corrected chi connectivity index (χ3v) is 4.81. The Bertz CT molecular complexity index is 633. The van der Waals surface area contributed by atoms with Gasteiger partial charge in [0.2, 0.25) is 0 Å². The first-order chi connectivity index (χ1) is 9.81. The van der Waals surface area contributed by atoms with Crippen molar-refractivity contribution in [1.82, 2.24) is 5.32 Å². The molecule has 2 aromatic rings. The van der Waals surface area contributed by atoms with Crippen molar-refractivity contribution in [3.8, 4) is 0 Å². The third kappa shape index (κ3) is 3.68. The second-order valence-electron chi connectivity index (χ2n) is 5.29. The third-order valence-electron chi connectivity index (χ3n) is 3.11. The van der Waals surface area contributed by atoms with Gasteiger partial charge in [-0.15, -0.1) is 11.3 Å². The zero-order chi connectivity index (χ0) is 15.6. The molecule has 21 heavy (non-hydrogen) atoms. The van der Waals surface area contributed by atoms with E-state index in [4.69, 9.17) is 0 Å². The SMILES string of the molecule is CC(C)(CNC(=O)c1c(F)cc(Br)cc1F)c1cccs1. The van der Waals surface area contributed by atoms with E-state index in [9.17, 15) is 13.6 Å². The largest absolute Gasteiger partial charge is 0.351 e. The zero-order valence-corrected chi connectivity index (χ0v) is 13.9. The second kappa shape index (κ2) is 6.23. The molecule has 0 unspecified atom stereocenters. The Hall–Kier alpha value is -1.27. The lowest BCUT2D eigenvalue weighted by atomic mass is 9.91. The van der Waals surface area contributed by atoms with E-state index < -0.39 is 23.1 Å². The lowest BCUT2D eigenvalue weighted by molar-refractivity contribution is 0.0937. The number of carbonyl (C=O) groups excluding carboxylic acids is 1. The molecule has 2 rings (SSSR count). The molecule has 0 fully saturated rings. The number of nitrogens with one attached hydrogen (secondary N) is 1. The fourth-order valence-electron chi connectivity index (χ4n) is 1.90. The molecule has 0 aliphatic carbocycles. The van der Waals surface area contributed by atoms with E-state index in [0.29, 0.717) is 6.54 Å². The number of carbonyl (C=O) groups is 1. The van der Waals surface area contributed by atoms with Crippen molar-refractivity contribution < 1.29 is 13.6 Å². The van der Waals surface area contributed by atoms with Gasteiger partial charge in [-0.3, -0.25) is 4.79 Å². The van der Waals surface area contributed by atoms with Crippen molar-refractivity contribution in [2.45, 2.75) is 19.3 Å². The van der Waals surface area contributed by atoms with Crippen molar-refractivity contribution in [3.63, 3.8) is 0 Å². The summed E-state index contributed by atoms with van der Waals surface area (Å²) in [6.45, 7) is 4.22. The molecule has 0 radical (unpaired) electrons. The standard InChI is InChI=1S/C15H14BrF2NOS/c1-15(2,12-4-3-5-21-12)8-19-14(20)13-10(17)6-9(16)7-11(13)18/h3-7H,8H2,1-2H3,(H,19,20). The smallest absolute Gasteiger partial charge is 0.257 e. The Balaban J connectivity index is 2.13. The Morgan fingerprint density at radius 1 is 1.33 bits per heavy atom. The molecule has 0 aliphatic heterocycles. The molecular weight excluding hydrogens is 360 g/mol. The first-order valence-corrected chi connectivity index (χ1v) is 7.95. The van der Waals surface area contributed by atoms with Crippen LogP contribution in [0.25, 0.3) is 0 Å². The summed E-state index contributed by atoms with van der Waals surface area (Å²) in [5.74, 6) is -2.51. The van der Waals surface area contributed by atoms with Gasteiger partial charge < -0.3 is 5.32 Å². The normalized spacial score (nSPS) is 11.5. The second-order valence-corrected chi connectivity index (χ2v) is 7.15. The predicted molar refractivity (Wildman–Crippen MR) is 83.7 cm³/mol. The highest BCUT2D eigenvalue weighted by Crippen LogP contribution is 2.27. The summed E-state index contributed by atoms with van der Waals surface area (Å²) < 4.78 is 27.7. The van der Waals surface area contributed by atoms with E-state index in [0.717, 1.165) is 17.0 Å². The molecule has 0 aliphatic rings. The van der Waals surface area contributed by atoms with Crippen LogP contribution in [0.1, 0.15) is 29.1 Å². The van der Waals surface area contributed by atoms with Crippen molar-refractivity contribution in [2.24, 2.45) is 0 Å². The highest BCUT2D eigenvalue weighted by atomic mass is 79.9. The summed E-state index contributed by atoms with van der Waals surface area (Å²) in [6.07, 6.45) is 0. The van der Waals surface area contributed by atoms with Gasteiger partial charge in [0.05, 0.1) is 0 Å². The van der Waals surface area contributed by atoms with E-state index in [1.54, 1.807) is 11.3 Å². The summed E-state index contributed by atoms with van der Waals surface area (Å²) in [6, 6.07) is 6.04. The molecule has 1 amide bonds. The average molecular weight is 374 g/mol. The molecule has 0 saturated heterocycles. The van der Waals surface area contributed by atoms with Crippen LogP contribution in [0.15, 0.2) is 34.1 Å².